The van der Waals surface area contributed by atoms with Crippen molar-refractivity contribution in [1.82, 2.24) is 14.5 Å². The first-order chi connectivity index (χ1) is 20.5. The van der Waals surface area contributed by atoms with E-state index in [1.807, 2.05) is 68.4 Å². The Bertz CT molecular complexity index is 1700. The molecule has 0 fully saturated rings. The highest BCUT2D eigenvalue weighted by molar-refractivity contribution is 7.89. The lowest BCUT2D eigenvalue weighted by molar-refractivity contribution is -0.141. The Morgan fingerprint density at radius 3 is 2.19 bits per heavy atom. The van der Waals surface area contributed by atoms with E-state index < -0.39 is 28.5 Å². The highest BCUT2D eigenvalue weighted by Crippen LogP contribution is 2.25. The molecule has 0 heterocycles. The zero-order valence-corrected chi connectivity index (χ0v) is 26.7. The van der Waals surface area contributed by atoms with Gasteiger partial charge in [-0.2, -0.15) is 4.31 Å². The Hall–Kier alpha value is -3.43. The van der Waals surface area contributed by atoms with Crippen LogP contribution in [0.15, 0.2) is 95.9 Å². The number of nitrogens with zero attached hydrogens (tertiary/aromatic N) is 2. The molecule has 43 heavy (non-hydrogen) atoms. The maximum absolute atomic E-state index is 14.1. The first kappa shape index (κ1) is 32.5. The molecule has 0 aromatic heterocycles. The number of sulfonamides is 1. The van der Waals surface area contributed by atoms with Crippen molar-refractivity contribution in [3.05, 3.63) is 112 Å². The second-order valence-electron chi connectivity index (χ2n) is 10.6. The van der Waals surface area contributed by atoms with E-state index in [4.69, 9.17) is 23.2 Å². The minimum atomic E-state index is -4.03. The van der Waals surface area contributed by atoms with Gasteiger partial charge in [0.2, 0.25) is 21.8 Å². The van der Waals surface area contributed by atoms with Crippen molar-refractivity contribution in [2.45, 2.75) is 50.2 Å². The molecule has 0 saturated heterocycles. The van der Waals surface area contributed by atoms with Crippen LogP contribution in [-0.4, -0.2) is 55.1 Å². The molecular weight excluding hydrogens is 605 g/mol. The highest BCUT2D eigenvalue weighted by Gasteiger charge is 2.33. The molecule has 0 bridgehead atoms. The molecule has 4 aromatic rings. The van der Waals surface area contributed by atoms with Gasteiger partial charge < -0.3 is 10.2 Å². The van der Waals surface area contributed by atoms with Gasteiger partial charge in [-0.1, -0.05) is 96.9 Å². The van der Waals surface area contributed by atoms with Crippen LogP contribution in [0.5, 0.6) is 0 Å². The molecule has 0 aliphatic heterocycles. The summed E-state index contributed by atoms with van der Waals surface area (Å²) in [5, 5.41) is 5.36. The Kier molecular flexibility index (Phi) is 10.8. The van der Waals surface area contributed by atoms with Crippen molar-refractivity contribution in [2.24, 2.45) is 0 Å². The molecule has 0 saturated carbocycles. The summed E-state index contributed by atoms with van der Waals surface area (Å²) in [6.45, 7) is 3.40. The normalized spacial score (nSPS) is 13.1. The molecule has 2 atom stereocenters. The number of hydrogen-bond acceptors (Lipinski definition) is 4. The van der Waals surface area contributed by atoms with Crippen molar-refractivity contribution in [1.29, 1.82) is 0 Å². The Balaban J connectivity index is 1.69. The highest BCUT2D eigenvalue weighted by atomic mass is 35.5. The summed E-state index contributed by atoms with van der Waals surface area (Å²) in [7, 11) is -2.66. The van der Waals surface area contributed by atoms with Crippen LogP contribution in [0.3, 0.4) is 0 Å². The van der Waals surface area contributed by atoms with Crippen LogP contribution in [0.4, 0.5) is 0 Å². The summed E-state index contributed by atoms with van der Waals surface area (Å²) >= 11 is 12.4. The second-order valence-corrected chi connectivity index (χ2v) is 13.4. The Morgan fingerprint density at radius 1 is 0.837 bits per heavy atom. The van der Waals surface area contributed by atoms with Crippen molar-refractivity contribution in [3.8, 4) is 0 Å². The lowest BCUT2D eigenvalue weighted by atomic mass is 10.0. The van der Waals surface area contributed by atoms with Crippen LogP contribution in [0, 0.1) is 0 Å². The van der Waals surface area contributed by atoms with Crippen molar-refractivity contribution in [3.63, 3.8) is 0 Å². The molecule has 2 amide bonds. The van der Waals surface area contributed by atoms with Gasteiger partial charge >= 0.3 is 0 Å². The minimum absolute atomic E-state index is 0.0189. The van der Waals surface area contributed by atoms with Gasteiger partial charge in [-0.3, -0.25) is 9.59 Å². The zero-order valence-electron chi connectivity index (χ0n) is 24.3. The number of likely N-dealkylation sites (N-methyl/N-ethyl adjacent to an activating group) is 1. The number of nitrogens with one attached hydrogen (secondary N) is 1. The van der Waals surface area contributed by atoms with E-state index in [0.717, 1.165) is 20.6 Å². The second kappa shape index (κ2) is 14.4. The number of rotatable bonds is 12. The SMILES string of the molecule is CC[C@H](C)NC(=O)[C@H](Cc1ccccc1)N(Cc1ccc(Cl)c(Cl)c1)C(=O)CN(C)S(=O)(=O)c1ccc2ccccc2c1. The maximum atomic E-state index is 14.1. The van der Waals surface area contributed by atoms with E-state index >= 15 is 0 Å². The van der Waals surface area contributed by atoms with Crippen LogP contribution in [0.2, 0.25) is 10.0 Å². The predicted octanol–water partition coefficient (Wildman–Crippen LogP) is 6.32. The minimum Gasteiger partial charge on any atom is -0.352 e. The van der Waals surface area contributed by atoms with E-state index in [1.165, 1.54) is 18.0 Å². The van der Waals surface area contributed by atoms with Crippen LogP contribution >= 0.6 is 23.2 Å². The molecule has 10 heteroatoms. The third kappa shape index (κ3) is 8.15. The van der Waals surface area contributed by atoms with Crippen LogP contribution in [0.25, 0.3) is 10.8 Å². The Morgan fingerprint density at radius 2 is 1.51 bits per heavy atom. The van der Waals surface area contributed by atoms with Crippen LogP contribution in [0.1, 0.15) is 31.4 Å². The van der Waals surface area contributed by atoms with Gasteiger partial charge in [0, 0.05) is 26.1 Å². The molecule has 4 rings (SSSR count). The molecule has 0 radical (unpaired) electrons. The van der Waals surface area contributed by atoms with E-state index in [9.17, 15) is 18.0 Å². The van der Waals surface area contributed by atoms with E-state index in [-0.39, 0.29) is 29.8 Å². The van der Waals surface area contributed by atoms with Gasteiger partial charge in [0.05, 0.1) is 21.5 Å². The van der Waals surface area contributed by atoms with Gasteiger partial charge in [-0.15, -0.1) is 0 Å². The number of benzene rings is 4. The third-order valence-corrected chi connectivity index (χ3v) is 9.93. The number of halogens is 2. The van der Waals surface area contributed by atoms with Crippen LogP contribution < -0.4 is 5.32 Å². The predicted molar refractivity (Wildman–Crippen MR) is 173 cm³/mol. The summed E-state index contributed by atoms with van der Waals surface area (Å²) in [6.07, 6.45) is 0.939. The van der Waals surface area contributed by atoms with E-state index in [0.29, 0.717) is 22.0 Å². The molecule has 4 aromatic carbocycles. The Labute approximate surface area is 263 Å². The van der Waals surface area contributed by atoms with E-state index in [1.54, 1.807) is 30.3 Å². The average molecular weight is 641 g/mol. The number of carbonyl (C=O) groups is 2. The third-order valence-electron chi connectivity index (χ3n) is 7.40. The topological polar surface area (TPSA) is 86.8 Å². The molecule has 0 spiro atoms. The fourth-order valence-electron chi connectivity index (χ4n) is 4.70. The number of fused-ring (bicyclic) bond motifs is 1. The van der Waals surface area contributed by atoms with Gasteiger partial charge in [0.25, 0.3) is 0 Å². The largest absolute Gasteiger partial charge is 0.352 e. The monoisotopic (exact) mass is 639 g/mol. The molecule has 0 unspecified atom stereocenters. The lowest BCUT2D eigenvalue weighted by Gasteiger charge is -2.33. The smallest absolute Gasteiger partial charge is 0.243 e. The number of amides is 2. The quantitative estimate of drug-likeness (QED) is 0.196. The average Bonchev–Trinajstić information content (AvgIpc) is 3.00. The number of hydrogen-bond donors (Lipinski definition) is 1. The number of carbonyl (C=O) groups excluding carboxylic acids is 2. The molecule has 0 aliphatic rings. The fourth-order valence-corrected chi connectivity index (χ4v) is 6.18. The summed E-state index contributed by atoms with van der Waals surface area (Å²) in [6, 6.07) is 25.7. The summed E-state index contributed by atoms with van der Waals surface area (Å²) < 4.78 is 28.2. The summed E-state index contributed by atoms with van der Waals surface area (Å²) in [4.78, 5) is 29.3. The molecule has 1 N–H and O–H groups in total. The lowest BCUT2D eigenvalue weighted by Crippen LogP contribution is -2.54. The summed E-state index contributed by atoms with van der Waals surface area (Å²) in [5.74, 6) is -0.857. The molecule has 7 nitrogen and oxygen atoms in total. The van der Waals surface area contributed by atoms with Crippen molar-refractivity contribution in [2.75, 3.05) is 13.6 Å². The van der Waals surface area contributed by atoms with Gasteiger partial charge in [0.1, 0.15) is 6.04 Å². The molecular formula is C33H35Cl2N3O4S. The van der Waals surface area contributed by atoms with Gasteiger partial charge in [-0.25, -0.2) is 8.42 Å². The molecule has 0 aliphatic carbocycles. The van der Waals surface area contributed by atoms with Gasteiger partial charge in [0.15, 0.2) is 0 Å². The molecule has 226 valence electrons. The maximum Gasteiger partial charge on any atom is 0.243 e. The van der Waals surface area contributed by atoms with Crippen molar-refractivity contribution >= 4 is 55.8 Å². The van der Waals surface area contributed by atoms with Gasteiger partial charge in [-0.05, 0) is 59.5 Å². The summed E-state index contributed by atoms with van der Waals surface area (Å²) in [5.41, 5.74) is 1.51. The standard InChI is InChI=1S/C33H35Cl2N3O4S/c1-4-23(2)36-33(40)31(19-24-10-6-5-7-11-24)38(21-25-14-17-29(34)30(35)18-25)32(39)22-37(3)43(41,42)28-16-15-26-12-8-9-13-27(26)20-28/h5-18,20,23,31H,4,19,21-22H2,1-3H3,(H,36,40)/t23-,31-/m0/s1. The van der Waals surface area contributed by atoms with Crippen LogP contribution in [-0.2, 0) is 32.6 Å². The van der Waals surface area contributed by atoms with E-state index in [2.05, 4.69) is 5.32 Å². The fraction of sp³-hybridized carbons (Fsp3) is 0.273. The zero-order chi connectivity index (χ0) is 31.1. The van der Waals surface area contributed by atoms with Crippen molar-refractivity contribution < 1.29 is 18.0 Å². The first-order valence-electron chi connectivity index (χ1n) is 14.0. The first-order valence-corrected chi connectivity index (χ1v) is 16.2.